The first-order valence-electron chi connectivity index (χ1n) is 20.5. The first-order chi connectivity index (χ1) is 25.9. The molecule has 278 valence electrons. The summed E-state index contributed by atoms with van der Waals surface area (Å²) in [5.41, 5.74) is 14.1. The first-order valence-corrected chi connectivity index (χ1v) is 20.3. The Kier molecular flexibility index (Phi) is 7.58. The Hall–Kier alpha value is -4.15. The lowest BCUT2D eigenvalue weighted by Crippen LogP contribution is -2.49. The number of aliphatic imine (C=N–C) groups is 1. The summed E-state index contributed by atoms with van der Waals surface area (Å²) in [7, 11) is 0. The molecular formula is C50H57N3S. The molecule has 2 aromatic heterocycles. The third kappa shape index (κ3) is 5.53. The molecule has 0 N–H and O–H groups in total. The average Bonchev–Trinajstić information content (AvgIpc) is 3.65. The van der Waals surface area contributed by atoms with Crippen LogP contribution in [0.3, 0.4) is 0 Å². The van der Waals surface area contributed by atoms with E-state index in [-0.39, 0.29) is 16.2 Å². The molecule has 0 saturated carbocycles. The zero-order valence-electron chi connectivity index (χ0n) is 36.8. The third-order valence-corrected chi connectivity index (χ3v) is 14.2. The van der Waals surface area contributed by atoms with Crippen molar-refractivity contribution in [3.8, 4) is 16.9 Å². The molecule has 0 bridgehead atoms. The monoisotopic (exact) mass is 733 g/mol. The molecule has 3 nitrogen and oxygen atoms in total. The van der Waals surface area contributed by atoms with Crippen LogP contribution in [0.1, 0.15) is 122 Å². The zero-order valence-corrected chi connectivity index (χ0v) is 35.6. The molecule has 8 rings (SSSR count). The van der Waals surface area contributed by atoms with Gasteiger partial charge in [0, 0.05) is 36.5 Å². The fourth-order valence-electron chi connectivity index (χ4n) is 9.05. The Morgan fingerprint density at radius 1 is 0.704 bits per heavy atom. The molecule has 4 aromatic carbocycles. The molecule has 0 unspecified atom stereocenters. The Labute approximate surface area is 330 Å². The predicted octanol–water partition coefficient (Wildman–Crippen LogP) is 13.4. The Balaban J connectivity index is 1.40. The van der Waals surface area contributed by atoms with Crippen LogP contribution in [0, 0.1) is 33.1 Å². The van der Waals surface area contributed by atoms with Crippen molar-refractivity contribution in [2.45, 2.75) is 124 Å². The number of aromatic nitrogens is 2. The number of thioether (sulfide) groups is 1. The number of aryl methyl sites for hydroxylation is 4. The lowest BCUT2D eigenvalue weighted by atomic mass is 9.68. The average molecular weight is 734 g/mol. The Bertz CT molecular complexity index is 2660. The minimum absolute atomic E-state index is 0.00740. The summed E-state index contributed by atoms with van der Waals surface area (Å²) in [4.78, 5) is 10.5. The number of fused-ring (bicyclic) bond motifs is 6. The molecule has 0 spiro atoms. The van der Waals surface area contributed by atoms with Crippen LogP contribution in [0.2, 0.25) is 0 Å². The summed E-state index contributed by atoms with van der Waals surface area (Å²) in [5, 5.41) is 3.35. The number of hydrogen-bond acceptors (Lipinski definition) is 3. The molecule has 0 fully saturated rings. The number of rotatable bonds is 3. The third-order valence-electron chi connectivity index (χ3n) is 12.2. The van der Waals surface area contributed by atoms with Gasteiger partial charge in [0.25, 0.3) is 0 Å². The molecule has 2 aliphatic rings. The maximum absolute atomic E-state index is 9.81. The van der Waals surface area contributed by atoms with Crippen molar-refractivity contribution >= 4 is 38.6 Å². The molecular weight excluding hydrogens is 675 g/mol. The number of pyridine rings is 1. The van der Waals surface area contributed by atoms with Crippen LogP contribution < -0.4 is 0 Å². The quantitative estimate of drug-likeness (QED) is 0.181. The van der Waals surface area contributed by atoms with E-state index in [1.807, 2.05) is 6.20 Å². The van der Waals surface area contributed by atoms with Crippen LogP contribution >= 0.6 is 11.8 Å². The van der Waals surface area contributed by atoms with Gasteiger partial charge < -0.3 is 4.57 Å². The van der Waals surface area contributed by atoms with Crippen molar-refractivity contribution in [2.75, 3.05) is 0 Å². The highest BCUT2D eigenvalue weighted by molar-refractivity contribution is 8.15. The van der Waals surface area contributed by atoms with E-state index in [1.165, 1.54) is 38.6 Å². The van der Waals surface area contributed by atoms with Crippen LogP contribution in [0.5, 0.6) is 0 Å². The summed E-state index contributed by atoms with van der Waals surface area (Å²) in [6.45, 7) is 31.0. The van der Waals surface area contributed by atoms with Crippen molar-refractivity contribution in [2.24, 2.45) is 10.4 Å². The molecule has 0 saturated heterocycles. The van der Waals surface area contributed by atoms with E-state index in [1.54, 1.807) is 11.8 Å². The fourth-order valence-corrected chi connectivity index (χ4v) is 10.7. The van der Waals surface area contributed by atoms with E-state index in [0.717, 1.165) is 55.3 Å². The maximum Gasteiger partial charge on any atom is 0.0995 e. The second-order valence-electron chi connectivity index (χ2n) is 19.4. The highest BCUT2D eigenvalue weighted by Gasteiger charge is 2.65. The fraction of sp³-hybridized carbons (Fsp3) is 0.400. The SMILES string of the molecule is [2H]C1([2H])c2cc(C)c(C)cc2[C@]2(C(C)(C)C)SC(c3cc(-n4c5ccc(C)cc5c5cc(C)c(-c6cc(C(C)(C)C)ccn6)cc54)cc(C(C)(C)C)c3)=N[C@]12C. The zero-order chi connectivity index (χ0) is 40.7. The van der Waals surface area contributed by atoms with Gasteiger partial charge in [-0.05, 0) is 151 Å². The molecule has 0 amide bonds. The number of nitrogens with zero attached hydrogens (tertiary/aromatic N) is 3. The lowest BCUT2D eigenvalue weighted by molar-refractivity contribution is 0.203. The summed E-state index contributed by atoms with van der Waals surface area (Å²) in [5.74, 6) is 0. The number of benzene rings is 4. The summed E-state index contributed by atoms with van der Waals surface area (Å²) < 4.78 is 21.4. The molecule has 2 atom stereocenters. The molecule has 1 aliphatic carbocycles. The van der Waals surface area contributed by atoms with Crippen molar-refractivity contribution in [1.29, 1.82) is 0 Å². The standard InChI is InChI=1S/C50H57N3S/c1-29-15-16-43-39(19-29)40-21-32(4)38(42-26-35(17-18-51-42)46(5,6)7)27-44(40)53(43)37-24-33(23-36(25-37)47(8,9)10)45-52-49(14)28-34-20-30(2)31(3)22-41(34)50(49,54-45)48(11,12)13/h15-27H,28H2,1-14H3/t49-,50-/m1/s1/i28D2. The predicted molar refractivity (Wildman–Crippen MR) is 234 cm³/mol. The van der Waals surface area contributed by atoms with Crippen LogP contribution in [-0.2, 0) is 21.9 Å². The van der Waals surface area contributed by atoms with Crippen LogP contribution in [0.15, 0.2) is 84.0 Å². The van der Waals surface area contributed by atoms with E-state index in [4.69, 9.17) is 9.98 Å². The lowest BCUT2D eigenvalue weighted by Gasteiger charge is -2.46. The van der Waals surface area contributed by atoms with E-state index in [0.29, 0.717) is 0 Å². The van der Waals surface area contributed by atoms with E-state index in [9.17, 15) is 2.74 Å². The first kappa shape index (κ1) is 34.3. The second kappa shape index (κ2) is 11.9. The van der Waals surface area contributed by atoms with Crippen LogP contribution in [-0.4, -0.2) is 20.1 Å². The van der Waals surface area contributed by atoms with E-state index in [2.05, 4.69) is 174 Å². The van der Waals surface area contributed by atoms with Gasteiger partial charge >= 0.3 is 0 Å². The van der Waals surface area contributed by atoms with Gasteiger partial charge in [-0.1, -0.05) is 97.8 Å². The summed E-state index contributed by atoms with van der Waals surface area (Å²) in [6, 6.07) is 27.2. The van der Waals surface area contributed by atoms with Gasteiger partial charge in [-0.2, -0.15) is 0 Å². The largest absolute Gasteiger partial charge is 0.309 e. The van der Waals surface area contributed by atoms with Crippen LogP contribution in [0.25, 0.3) is 38.8 Å². The van der Waals surface area contributed by atoms with Crippen LogP contribution in [0.4, 0.5) is 0 Å². The van der Waals surface area contributed by atoms with Crippen molar-refractivity contribution in [3.05, 3.63) is 129 Å². The summed E-state index contributed by atoms with van der Waals surface area (Å²) >= 11 is 1.78. The van der Waals surface area contributed by atoms with Gasteiger partial charge in [0.1, 0.15) is 0 Å². The van der Waals surface area contributed by atoms with Crippen molar-refractivity contribution in [1.82, 2.24) is 9.55 Å². The van der Waals surface area contributed by atoms with E-state index >= 15 is 0 Å². The Morgan fingerprint density at radius 3 is 2.07 bits per heavy atom. The second-order valence-corrected chi connectivity index (χ2v) is 20.6. The van der Waals surface area contributed by atoms with Crippen molar-refractivity contribution in [3.63, 3.8) is 0 Å². The Morgan fingerprint density at radius 2 is 1.39 bits per heavy atom. The van der Waals surface area contributed by atoms with Crippen molar-refractivity contribution < 1.29 is 2.74 Å². The highest BCUT2D eigenvalue weighted by atomic mass is 32.2. The van der Waals surface area contributed by atoms with Gasteiger partial charge in [-0.25, -0.2) is 0 Å². The maximum atomic E-state index is 9.81. The molecule has 3 heterocycles. The van der Waals surface area contributed by atoms with Gasteiger partial charge in [-0.15, -0.1) is 0 Å². The minimum Gasteiger partial charge on any atom is -0.309 e. The van der Waals surface area contributed by atoms with Gasteiger partial charge in [-0.3, -0.25) is 9.98 Å². The molecule has 6 aromatic rings. The van der Waals surface area contributed by atoms with Gasteiger partial charge in [0.05, 0.1) is 32.1 Å². The van der Waals surface area contributed by atoms with E-state index < -0.39 is 16.7 Å². The highest BCUT2D eigenvalue weighted by Crippen LogP contribution is 2.67. The minimum atomic E-state index is -1.66. The summed E-state index contributed by atoms with van der Waals surface area (Å²) in [6.07, 6.45) is 0.283. The molecule has 54 heavy (non-hydrogen) atoms. The smallest absolute Gasteiger partial charge is 0.0995 e. The normalized spacial score (nSPS) is 21.6. The number of hydrogen-bond donors (Lipinski definition) is 0. The van der Waals surface area contributed by atoms with Gasteiger partial charge in [0.15, 0.2) is 0 Å². The van der Waals surface area contributed by atoms with Gasteiger partial charge in [0.2, 0.25) is 0 Å². The molecule has 0 radical (unpaired) electrons. The molecule has 1 aliphatic heterocycles. The topological polar surface area (TPSA) is 30.2 Å². The molecule has 4 heteroatoms.